The number of hydrogen-bond donors (Lipinski definition) is 1. The molecule has 0 fully saturated rings. The number of carboxylic acids is 1. The smallest absolute Gasteiger partial charge is 0.311 e. The Kier molecular flexibility index (Phi) is 6.39. The molecule has 3 aromatic rings. The molecular weight excluding hydrogens is 466 g/mol. The molecule has 3 aromatic carbocycles. The van der Waals surface area contributed by atoms with E-state index in [1.54, 1.807) is 36.4 Å². The van der Waals surface area contributed by atoms with Crippen molar-refractivity contribution in [2.24, 2.45) is 0 Å². The van der Waals surface area contributed by atoms with Crippen molar-refractivity contribution in [2.45, 2.75) is 37.6 Å². The Morgan fingerprint density at radius 3 is 2.60 bits per heavy atom. The van der Waals surface area contributed by atoms with Crippen molar-refractivity contribution in [3.63, 3.8) is 0 Å². The third kappa shape index (κ3) is 4.58. The highest BCUT2D eigenvalue weighted by molar-refractivity contribution is 6.32. The lowest BCUT2D eigenvalue weighted by Gasteiger charge is -2.33. The van der Waals surface area contributed by atoms with E-state index in [0.717, 1.165) is 19.3 Å². The van der Waals surface area contributed by atoms with Gasteiger partial charge in [-0.3, -0.25) is 9.59 Å². The van der Waals surface area contributed by atoms with E-state index in [9.17, 15) is 14.7 Å². The fourth-order valence-electron chi connectivity index (χ4n) is 4.99. The van der Waals surface area contributed by atoms with Crippen molar-refractivity contribution >= 4 is 23.5 Å². The van der Waals surface area contributed by atoms with Crippen molar-refractivity contribution in [3.8, 4) is 17.2 Å². The van der Waals surface area contributed by atoms with Gasteiger partial charge in [-0.1, -0.05) is 35.9 Å². The van der Waals surface area contributed by atoms with Gasteiger partial charge in [-0.05, 0) is 67.1 Å². The highest BCUT2D eigenvalue weighted by Gasteiger charge is 2.29. The van der Waals surface area contributed by atoms with Gasteiger partial charge in [-0.25, -0.2) is 0 Å². The van der Waals surface area contributed by atoms with E-state index in [2.05, 4.69) is 12.1 Å². The van der Waals surface area contributed by atoms with Crippen LogP contribution in [0.2, 0.25) is 5.02 Å². The van der Waals surface area contributed by atoms with Crippen LogP contribution in [0.5, 0.6) is 17.2 Å². The first kappa shape index (κ1) is 23.2. The highest BCUT2D eigenvalue weighted by atomic mass is 35.5. The first-order valence-electron chi connectivity index (χ1n) is 11.7. The molecule has 0 aromatic heterocycles. The molecule has 180 valence electrons. The summed E-state index contributed by atoms with van der Waals surface area (Å²) in [6.45, 7) is 0.320. The Labute approximate surface area is 209 Å². The van der Waals surface area contributed by atoms with Gasteiger partial charge in [-0.2, -0.15) is 0 Å². The van der Waals surface area contributed by atoms with Gasteiger partial charge in [-0.15, -0.1) is 0 Å². The predicted molar refractivity (Wildman–Crippen MR) is 133 cm³/mol. The average molecular weight is 492 g/mol. The Bertz CT molecular complexity index is 1270. The lowest BCUT2D eigenvalue weighted by atomic mass is 9.87. The lowest BCUT2D eigenvalue weighted by molar-refractivity contribution is -0.139. The predicted octanol–water partition coefficient (Wildman–Crippen LogP) is 6.23. The first-order valence-corrected chi connectivity index (χ1v) is 12.1. The van der Waals surface area contributed by atoms with E-state index in [1.165, 1.54) is 11.1 Å². The van der Waals surface area contributed by atoms with E-state index in [-0.39, 0.29) is 11.9 Å². The summed E-state index contributed by atoms with van der Waals surface area (Å²) in [4.78, 5) is 26.6. The first-order chi connectivity index (χ1) is 16.9. The molecule has 1 aliphatic carbocycles. The topological polar surface area (TPSA) is 76.1 Å². The van der Waals surface area contributed by atoms with Crippen LogP contribution in [-0.2, 0) is 11.2 Å². The Morgan fingerprint density at radius 2 is 1.83 bits per heavy atom. The minimum absolute atomic E-state index is 0.0434. The van der Waals surface area contributed by atoms with Gasteiger partial charge < -0.3 is 19.5 Å². The summed E-state index contributed by atoms with van der Waals surface area (Å²) < 4.78 is 11.6. The molecule has 5 rings (SSSR count). The molecule has 2 aliphatic rings. The van der Waals surface area contributed by atoms with E-state index >= 15 is 0 Å². The highest BCUT2D eigenvalue weighted by Crippen LogP contribution is 2.42. The maximum atomic E-state index is 13.2. The van der Waals surface area contributed by atoms with E-state index in [1.807, 2.05) is 24.1 Å². The number of hydrogen-bond acceptors (Lipinski definition) is 4. The molecule has 1 aliphatic heterocycles. The van der Waals surface area contributed by atoms with Gasteiger partial charge in [0, 0.05) is 24.2 Å². The summed E-state index contributed by atoms with van der Waals surface area (Å²) in [5.74, 6) is -0.251. The number of rotatable bonds is 5. The molecule has 1 amide bonds. The number of carbonyl (C=O) groups is 2. The molecule has 1 heterocycles. The Morgan fingerprint density at radius 1 is 1.06 bits per heavy atom. The number of fused-ring (bicyclic) bond motifs is 2. The van der Waals surface area contributed by atoms with Crippen molar-refractivity contribution in [2.75, 3.05) is 13.7 Å². The molecule has 0 saturated heterocycles. The number of aliphatic carboxylic acids is 1. The maximum absolute atomic E-state index is 13.2. The molecule has 2 unspecified atom stereocenters. The van der Waals surface area contributed by atoms with Crippen molar-refractivity contribution in [1.29, 1.82) is 0 Å². The summed E-state index contributed by atoms with van der Waals surface area (Å²) in [6, 6.07) is 18.6. The van der Waals surface area contributed by atoms with Gasteiger partial charge in [0.1, 0.15) is 17.2 Å². The molecule has 2 atom stereocenters. The monoisotopic (exact) mass is 491 g/mol. The van der Waals surface area contributed by atoms with Crippen LogP contribution in [-0.4, -0.2) is 35.5 Å². The standard InChI is InChI=1S/C28H26ClNO5/c1-30(24-8-4-6-17-5-2-3-7-20(17)24)27(31)18-9-11-19(12-10-18)35-26-16-25-22(15-23(26)29)21(28(32)33)13-14-34-25/h2-3,5,7,9-12,15-16,21,24H,4,6,8,13-14H2,1H3,(H,32,33). The summed E-state index contributed by atoms with van der Waals surface area (Å²) >= 11 is 6.40. The lowest BCUT2D eigenvalue weighted by Crippen LogP contribution is -2.33. The van der Waals surface area contributed by atoms with Gasteiger partial charge in [0.2, 0.25) is 0 Å². The molecule has 6 nitrogen and oxygen atoms in total. The minimum atomic E-state index is -0.902. The Hall–Kier alpha value is -3.51. The van der Waals surface area contributed by atoms with Gasteiger partial charge >= 0.3 is 5.97 Å². The summed E-state index contributed by atoms with van der Waals surface area (Å²) in [5, 5.41) is 9.76. The zero-order chi connectivity index (χ0) is 24.5. The molecule has 0 radical (unpaired) electrons. The quantitative estimate of drug-likeness (QED) is 0.457. The van der Waals surface area contributed by atoms with E-state index < -0.39 is 11.9 Å². The molecule has 35 heavy (non-hydrogen) atoms. The van der Waals surface area contributed by atoms with E-state index in [0.29, 0.717) is 46.4 Å². The van der Waals surface area contributed by atoms with Crippen LogP contribution >= 0.6 is 11.6 Å². The normalized spacial score (nSPS) is 18.6. The second kappa shape index (κ2) is 9.62. The zero-order valence-corrected chi connectivity index (χ0v) is 20.1. The van der Waals surface area contributed by atoms with Crippen LogP contribution in [0.1, 0.15) is 58.3 Å². The second-order valence-corrected chi connectivity index (χ2v) is 9.40. The third-order valence-corrected chi connectivity index (χ3v) is 7.15. The van der Waals surface area contributed by atoms with Gasteiger partial charge in [0.15, 0.2) is 0 Å². The van der Waals surface area contributed by atoms with Crippen LogP contribution in [0.4, 0.5) is 0 Å². The minimum Gasteiger partial charge on any atom is -0.493 e. The average Bonchev–Trinajstić information content (AvgIpc) is 2.88. The summed E-state index contributed by atoms with van der Waals surface area (Å²) in [6.07, 6.45) is 3.45. The fourth-order valence-corrected chi connectivity index (χ4v) is 5.20. The zero-order valence-electron chi connectivity index (χ0n) is 19.4. The second-order valence-electron chi connectivity index (χ2n) is 9.00. The number of ether oxygens (including phenoxy) is 2. The molecule has 0 saturated carbocycles. The maximum Gasteiger partial charge on any atom is 0.311 e. The molecule has 0 spiro atoms. The van der Waals surface area contributed by atoms with Crippen molar-refractivity contribution < 1.29 is 24.2 Å². The van der Waals surface area contributed by atoms with Gasteiger partial charge in [0.05, 0.1) is 23.6 Å². The van der Waals surface area contributed by atoms with Crippen molar-refractivity contribution in [3.05, 3.63) is 87.9 Å². The Balaban J connectivity index is 1.32. The molecule has 0 bridgehead atoms. The molecular formula is C28H26ClNO5. The van der Waals surface area contributed by atoms with Crippen LogP contribution in [0.15, 0.2) is 60.7 Å². The number of amides is 1. The largest absolute Gasteiger partial charge is 0.493 e. The number of aryl methyl sites for hydroxylation is 1. The fraction of sp³-hybridized carbons (Fsp3) is 0.286. The van der Waals surface area contributed by atoms with E-state index in [4.69, 9.17) is 21.1 Å². The summed E-state index contributed by atoms with van der Waals surface area (Å²) in [5.41, 5.74) is 3.66. The van der Waals surface area contributed by atoms with Crippen LogP contribution < -0.4 is 9.47 Å². The summed E-state index contributed by atoms with van der Waals surface area (Å²) in [7, 11) is 1.86. The number of nitrogens with zero attached hydrogens (tertiary/aromatic N) is 1. The number of halogens is 1. The van der Waals surface area contributed by atoms with Crippen LogP contribution in [0.25, 0.3) is 0 Å². The third-order valence-electron chi connectivity index (χ3n) is 6.86. The van der Waals surface area contributed by atoms with Crippen LogP contribution in [0.3, 0.4) is 0 Å². The molecule has 1 N–H and O–H groups in total. The van der Waals surface area contributed by atoms with Crippen molar-refractivity contribution in [1.82, 2.24) is 4.90 Å². The van der Waals surface area contributed by atoms with Gasteiger partial charge in [0.25, 0.3) is 5.91 Å². The number of carboxylic acid groups (broad SMARTS) is 1. The molecule has 7 heteroatoms. The number of benzene rings is 3. The number of carbonyl (C=O) groups excluding carboxylic acids is 1. The van der Waals surface area contributed by atoms with Crippen LogP contribution in [0, 0.1) is 0 Å². The SMILES string of the molecule is CN(C(=O)c1ccc(Oc2cc3c(cc2Cl)C(C(=O)O)CCO3)cc1)C1CCCc2ccccc21.